The molecular formula is C27H25FN2O5. The molecule has 3 aromatic carbocycles. The monoisotopic (exact) mass is 476 g/mol. The van der Waals surface area contributed by atoms with Crippen LogP contribution in [0.5, 0.6) is 0 Å². The molecule has 0 bridgehead atoms. The standard InChI is InChI=1S/C27H25FN2O5/c1-16(10-13-25(31)32)29-26(33)22-14-17(28)11-12-24(22)30-27(34)35-15-23-20-8-4-2-6-18(20)19-7-3-5-9-21(19)23/h2-9,11-12,14,16,23H,10,13,15H2,1H3,(H,29,33)(H,30,34)(H,31,32). The molecule has 180 valence electrons. The zero-order valence-corrected chi connectivity index (χ0v) is 19.1. The SMILES string of the molecule is CC(CCC(=O)O)NC(=O)c1cc(F)ccc1NC(=O)OCC1c2ccccc2-c2ccccc21. The van der Waals surface area contributed by atoms with E-state index in [9.17, 15) is 18.8 Å². The Kier molecular flexibility index (Phi) is 7.10. The second-order valence-corrected chi connectivity index (χ2v) is 8.45. The van der Waals surface area contributed by atoms with E-state index in [4.69, 9.17) is 9.84 Å². The van der Waals surface area contributed by atoms with Crippen LogP contribution < -0.4 is 10.6 Å². The van der Waals surface area contributed by atoms with Gasteiger partial charge in [0.2, 0.25) is 0 Å². The molecule has 3 aromatic rings. The van der Waals surface area contributed by atoms with Gasteiger partial charge in [-0.2, -0.15) is 0 Å². The molecule has 2 amide bonds. The number of carbonyl (C=O) groups excluding carboxylic acids is 2. The molecule has 4 rings (SSSR count). The van der Waals surface area contributed by atoms with E-state index in [1.54, 1.807) is 6.92 Å². The fraction of sp³-hybridized carbons (Fsp3) is 0.222. The number of benzene rings is 3. The van der Waals surface area contributed by atoms with E-state index in [-0.39, 0.29) is 36.6 Å². The summed E-state index contributed by atoms with van der Waals surface area (Å²) in [6, 6.07) is 18.9. The van der Waals surface area contributed by atoms with Gasteiger partial charge in [0.1, 0.15) is 12.4 Å². The first-order chi connectivity index (χ1) is 16.8. The first kappa shape index (κ1) is 23.9. The van der Waals surface area contributed by atoms with Crippen molar-refractivity contribution in [3.05, 3.63) is 89.2 Å². The molecule has 35 heavy (non-hydrogen) atoms. The highest BCUT2D eigenvalue weighted by molar-refractivity contribution is 6.02. The molecule has 7 nitrogen and oxygen atoms in total. The van der Waals surface area contributed by atoms with E-state index in [0.29, 0.717) is 0 Å². The van der Waals surface area contributed by atoms with Crippen molar-refractivity contribution in [3.8, 4) is 11.1 Å². The molecule has 1 aliphatic carbocycles. The summed E-state index contributed by atoms with van der Waals surface area (Å²) < 4.78 is 19.4. The highest BCUT2D eigenvalue weighted by atomic mass is 19.1. The van der Waals surface area contributed by atoms with Crippen LogP contribution in [0, 0.1) is 5.82 Å². The number of carboxylic acid groups (broad SMARTS) is 1. The van der Waals surface area contributed by atoms with Crippen LogP contribution in [-0.4, -0.2) is 35.7 Å². The summed E-state index contributed by atoms with van der Waals surface area (Å²) in [5, 5.41) is 14.0. The molecule has 8 heteroatoms. The van der Waals surface area contributed by atoms with Gasteiger partial charge in [-0.25, -0.2) is 9.18 Å². The molecule has 1 unspecified atom stereocenters. The van der Waals surface area contributed by atoms with Crippen LogP contribution >= 0.6 is 0 Å². The van der Waals surface area contributed by atoms with Crippen molar-refractivity contribution in [2.24, 2.45) is 0 Å². The number of nitrogens with one attached hydrogen (secondary N) is 2. The van der Waals surface area contributed by atoms with Gasteiger partial charge in [0.05, 0.1) is 11.3 Å². The highest BCUT2D eigenvalue weighted by Gasteiger charge is 2.29. The van der Waals surface area contributed by atoms with Gasteiger partial charge in [0, 0.05) is 18.4 Å². The van der Waals surface area contributed by atoms with Crippen LogP contribution in [0.2, 0.25) is 0 Å². The normalized spacial score (nSPS) is 12.9. The molecule has 0 radical (unpaired) electrons. The summed E-state index contributed by atoms with van der Waals surface area (Å²) in [5.74, 6) is -2.38. The topological polar surface area (TPSA) is 105 Å². The molecule has 0 aliphatic heterocycles. The molecule has 1 aliphatic rings. The number of amides is 2. The number of halogens is 1. The fourth-order valence-electron chi connectivity index (χ4n) is 4.27. The molecular weight excluding hydrogens is 451 g/mol. The lowest BCUT2D eigenvalue weighted by Crippen LogP contribution is -2.33. The lowest BCUT2D eigenvalue weighted by Gasteiger charge is -2.17. The number of carboxylic acids is 1. The van der Waals surface area contributed by atoms with Gasteiger partial charge in [-0.3, -0.25) is 14.9 Å². The molecule has 0 fully saturated rings. The quantitative estimate of drug-likeness (QED) is 0.416. The zero-order chi connectivity index (χ0) is 24.9. The Morgan fingerprint density at radius 3 is 2.26 bits per heavy atom. The average molecular weight is 477 g/mol. The Morgan fingerprint density at radius 2 is 1.63 bits per heavy atom. The largest absolute Gasteiger partial charge is 0.481 e. The third kappa shape index (κ3) is 5.48. The average Bonchev–Trinajstić information content (AvgIpc) is 3.16. The molecule has 0 aromatic heterocycles. The summed E-state index contributed by atoms with van der Waals surface area (Å²) in [4.78, 5) is 36.1. The van der Waals surface area contributed by atoms with Gasteiger partial charge in [-0.15, -0.1) is 0 Å². The van der Waals surface area contributed by atoms with E-state index in [2.05, 4.69) is 10.6 Å². The smallest absolute Gasteiger partial charge is 0.411 e. The summed E-state index contributed by atoms with van der Waals surface area (Å²) >= 11 is 0. The zero-order valence-electron chi connectivity index (χ0n) is 19.1. The van der Waals surface area contributed by atoms with Crippen LogP contribution in [-0.2, 0) is 9.53 Å². The van der Waals surface area contributed by atoms with Gasteiger partial charge in [0.25, 0.3) is 5.91 Å². The second-order valence-electron chi connectivity index (χ2n) is 8.45. The number of fused-ring (bicyclic) bond motifs is 3. The van der Waals surface area contributed by atoms with Crippen molar-refractivity contribution >= 4 is 23.7 Å². The maximum Gasteiger partial charge on any atom is 0.411 e. The van der Waals surface area contributed by atoms with Crippen molar-refractivity contribution in [1.82, 2.24) is 5.32 Å². The predicted octanol–water partition coefficient (Wildman–Crippen LogP) is 5.17. The first-order valence-corrected chi connectivity index (χ1v) is 11.3. The van der Waals surface area contributed by atoms with E-state index >= 15 is 0 Å². The van der Waals surface area contributed by atoms with Gasteiger partial charge < -0.3 is 15.2 Å². The van der Waals surface area contributed by atoms with Gasteiger partial charge in [-0.05, 0) is 53.8 Å². The lowest BCUT2D eigenvalue weighted by atomic mass is 9.98. The minimum Gasteiger partial charge on any atom is -0.481 e. The molecule has 0 saturated carbocycles. The van der Waals surface area contributed by atoms with E-state index < -0.39 is 29.8 Å². The lowest BCUT2D eigenvalue weighted by molar-refractivity contribution is -0.137. The second kappa shape index (κ2) is 10.4. The minimum atomic E-state index is -0.977. The molecule has 0 spiro atoms. The highest BCUT2D eigenvalue weighted by Crippen LogP contribution is 2.44. The third-order valence-electron chi connectivity index (χ3n) is 5.98. The van der Waals surface area contributed by atoms with Crippen molar-refractivity contribution < 1.29 is 28.6 Å². The molecule has 3 N–H and O–H groups in total. The fourth-order valence-corrected chi connectivity index (χ4v) is 4.27. The third-order valence-corrected chi connectivity index (χ3v) is 5.98. The van der Waals surface area contributed by atoms with Crippen LogP contribution in [0.3, 0.4) is 0 Å². The van der Waals surface area contributed by atoms with Crippen LogP contribution in [0.15, 0.2) is 66.7 Å². The van der Waals surface area contributed by atoms with E-state index in [1.807, 2.05) is 48.5 Å². The Hall–Kier alpha value is -4.20. The minimum absolute atomic E-state index is 0.0827. The summed E-state index contributed by atoms with van der Waals surface area (Å²) in [7, 11) is 0. The van der Waals surface area contributed by atoms with Crippen molar-refractivity contribution in [2.45, 2.75) is 31.7 Å². The van der Waals surface area contributed by atoms with Crippen LogP contribution in [0.4, 0.5) is 14.9 Å². The van der Waals surface area contributed by atoms with E-state index in [0.717, 1.165) is 34.4 Å². The Bertz CT molecular complexity index is 1230. The number of rotatable bonds is 8. The van der Waals surface area contributed by atoms with Crippen LogP contribution in [0.1, 0.15) is 47.2 Å². The van der Waals surface area contributed by atoms with Gasteiger partial charge in [-0.1, -0.05) is 48.5 Å². The number of anilines is 1. The summed E-state index contributed by atoms with van der Waals surface area (Å²) in [6.07, 6.45) is -0.674. The number of ether oxygens (including phenoxy) is 1. The number of carbonyl (C=O) groups is 3. The van der Waals surface area contributed by atoms with Gasteiger partial charge in [0.15, 0.2) is 0 Å². The first-order valence-electron chi connectivity index (χ1n) is 11.3. The summed E-state index contributed by atoms with van der Waals surface area (Å²) in [5.41, 5.74) is 4.35. The maximum atomic E-state index is 13.9. The van der Waals surface area contributed by atoms with Crippen molar-refractivity contribution in [1.29, 1.82) is 0 Å². The van der Waals surface area contributed by atoms with E-state index in [1.165, 1.54) is 6.07 Å². The number of aliphatic carboxylic acids is 1. The Labute approximate surface area is 201 Å². The van der Waals surface area contributed by atoms with Crippen molar-refractivity contribution in [2.75, 3.05) is 11.9 Å². The molecule has 1 atom stereocenters. The number of hydrogen-bond acceptors (Lipinski definition) is 4. The van der Waals surface area contributed by atoms with Gasteiger partial charge >= 0.3 is 12.1 Å². The van der Waals surface area contributed by atoms with Crippen LogP contribution in [0.25, 0.3) is 11.1 Å². The maximum absolute atomic E-state index is 13.9. The molecule has 0 saturated heterocycles. The van der Waals surface area contributed by atoms with Crippen molar-refractivity contribution in [3.63, 3.8) is 0 Å². The predicted molar refractivity (Wildman–Crippen MR) is 129 cm³/mol. The Morgan fingerprint density at radius 1 is 1.00 bits per heavy atom. The summed E-state index contributed by atoms with van der Waals surface area (Å²) in [6.45, 7) is 1.74. The molecule has 0 heterocycles. The number of hydrogen-bond donors (Lipinski definition) is 3. The Balaban J connectivity index is 1.44.